The second kappa shape index (κ2) is 8.33. The lowest BCUT2D eigenvalue weighted by molar-refractivity contribution is 0.134. The SMILES string of the molecule is O=S(=O)(O)CN1CCN(CCN(CS(=O)(=O)O)CS(=O)(=O)O)CC1. The van der Waals surface area contributed by atoms with Gasteiger partial charge in [0.25, 0.3) is 30.4 Å². The first-order valence-electron chi connectivity index (χ1n) is 6.76. The van der Waals surface area contributed by atoms with E-state index in [1.165, 1.54) is 4.90 Å². The summed E-state index contributed by atoms with van der Waals surface area (Å²) in [7, 11) is -13.0. The van der Waals surface area contributed by atoms with Crippen molar-refractivity contribution in [1.82, 2.24) is 14.7 Å². The van der Waals surface area contributed by atoms with Gasteiger partial charge in [0.2, 0.25) is 0 Å². The molecule has 1 heterocycles. The lowest BCUT2D eigenvalue weighted by Crippen LogP contribution is -2.50. The van der Waals surface area contributed by atoms with Crippen molar-refractivity contribution in [3.63, 3.8) is 0 Å². The lowest BCUT2D eigenvalue weighted by Gasteiger charge is -2.34. The molecule has 1 aliphatic rings. The van der Waals surface area contributed by atoms with Gasteiger partial charge in [-0.1, -0.05) is 0 Å². The minimum absolute atomic E-state index is 0.0438. The highest BCUT2D eigenvalue weighted by Crippen LogP contribution is 2.05. The van der Waals surface area contributed by atoms with Gasteiger partial charge in [-0.3, -0.25) is 28.4 Å². The largest absolute Gasteiger partial charge is 0.300 e. The van der Waals surface area contributed by atoms with Crippen molar-refractivity contribution in [2.24, 2.45) is 0 Å². The Hall–Kier alpha value is -0.390. The first-order chi connectivity index (χ1) is 10.7. The van der Waals surface area contributed by atoms with Crippen LogP contribution in [0.5, 0.6) is 0 Å². The third-order valence-electron chi connectivity index (χ3n) is 3.23. The second-order valence-corrected chi connectivity index (χ2v) is 9.75. The molecule has 0 aromatic rings. The van der Waals surface area contributed by atoms with E-state index in [2.05, 4.69) is 0 Å². The maximum absolute atomic E-state index is 10.9. The van der Waals surface area contributed by atoms with Crippen molar-refractivity contribution < 1.29 is 38.9 Å². The molecule has 12 nitrogen and oxygen atoms in total. The summed E-state index contributed by atoms with van der Waals surface area (Å²) < 4.78 is 91.6. The summed E-state index contributed by atoms with van der Waals surface area (Å²) in [5, 5.41) is 0. The molecule has 0 unspecified atom stereocenters. The van der Waals surface area contributed by atoms with Gasteiger partial charge in [-0.2, -0.15) is 25.3 Å². The predicted octanol–water partition coefficient (Wildman–Crippen LogP) is -2.56. The Kier molecular flexibility index (Phi) is 7.51. The fraction of sp³-hybridized carbons (Fsp3) is 1.00. The van der Waals surface area contributed by atoms with Crippen LogP contribution in [-0.4, -0.2) is 111 Å². The van der Waals surface area contributed by atoms with Gasteiger partial charge in [0.15, 0.2) is 0 Å². The van der Waals surface area contributed by atoms with E-state index in [1.807, 2.05) is 4.90 Å². The summed E-state index contributed by atoms with van der Waals surface area (Å²) >= 11 is 0. The summed E-state index contributed by atoms with van der Waals surface area (Å²) in [4.78, 5) is 4.23. The van der Waals surface area contributed by atoms with Crippen molar-refractivity contribution in [3.05, 3.63) is 0 Å². The van der Waals surface area contributed by atoms with Crippen LogP contribution in [0.15, 0.2) is 0 Å². The molecule has 0 radical (unpaired) electrons. The van der Waals surface area contributed by atoms with Crippen LogP contribution in [0.3, 0.4) is 0 Å². The zero-order chi connectivity index (χ0) is 18.6. The normalized spacial score (nSPS) is 19.0. The maximum Gasteiger partial charge on any atom is 0.278 e. The molecule has 0 saturated carbocycles. The molecule has 0 aliphatic carbocycles. The van der Waals surface area contributed by atoms with Gasteiger partial charge in [-0.05, 0) is 0 Å². The van der Waals surface area contributed by atoms with E-state index >= 15 is 0 Å². The molecule has 3 N–H and O–H groups in total. The molecule has 144 valence electrons. The predicted molar refractivity (Wildman–Crippen MR) is 84.0 cm³/mol. The summed E-state index contributed by atoms with van der Waals surface area (Å²) in [6.07, 6.45) is 0. The van der Waals surface area contributed by atoms with E-state index in [9.17, 15) is 25.3 Å². The average molecular weight is 411 g/mol. The van der Waals surface area contributed by atoms with E-state index in [1.54, 1.807) is 0 Å². The number of hydrogen-bond donors (Lipinski definition) is 3. The fourth-order valence-electron chi connectivity index (χ4n) is 2.28. The van der Waals surface area contributed by atoms with Gasteiger partial charge in [0.05, 0.1) is 0 Å². The molecule has 0 aromatic carbocycles. The molecule has 0 aromatic heterocycles. The topological polar surface area (TPSA) is 173 Å². The summed E-state index contributed by atoms with van der Waals surface area (Å²) in [6, 6.07) is 0. The lowest BCUT2D eigenvalue weighted by atomic mass is 10.3. The molecule has 0 amide bonds. The molecule has 1 aliphatic heterocycles. The fourth-order valence-corrected chi connectivity index (χ4v) is 4.48. The maximum atomic E-state index is 10.9. The molecular weight excluding hydrogens is 390 g/mol. The van der Waals surface area contributed by atoms with Gasteiger partial charge >= 0.3 is 0 Å². The van der Waals surface area contributed by atoms with Crippen LogP contribution in [0.4, 0.5) is 0 Å². The smallest absolute Gasteiger partial charge is 0.278 e. The van der Waals surface area contributed by atoms with Gasteiger partial charge < -0.3 is 0 Å². The summed E-state index contributed by atoms with van der Waals surface area (Å²) in [5.41, 5.74) is 0. The van der Waals surface area contributed by atoms with Crippen molar-refractivity contribution >= 4 is 30.4 Å². The molecule has 24 heavy (non-hydrogen) atoms. The van der Waals surface area contributed by atoms with Gasteiger partial charge in [-0.15, -0.1) is 0 Å². The third-order valence-corrected chi connectivity index (χ3v) is 5.31. The van der Waals surface area contributed by atoms with Gasteiger partial charge in [0, 0.05) is 39.3 Å². The van der Waals surface area contributed by atoms with Crippen molar-refractivity contribution in [3.8, 4) is 0 Å². The van der Waals surface area contributed by atoms with Crippen LogP contribution >= 0.6 is 0 Å². The molecule has 0 spiro atoms. The van der Waals surface area contributed by atoms with Crippen LogP contribution in [0.2, 0.25) is 0 Å². The van der Waals surface area contributed by atoms with E-state index in [-0.39, 0.29) is 13.1 Å². The van der Waals surface area contributed by atoms with Crippen LogP contribution in [0, 0.1) is 0 Å². The first kappa shape index (κ1) is 21.7. The monoisotopic (exact) mass is 411 g/mol. The Labute approximate surface area is 141 Å². The highest BCUT2D eigenvalue weighted by Gasteiger charge is 2.23. The van der Waals surface area contributed by atoms with Crippen molar-refractivity contribution in [2.75, 3.05) is 56.9 Å². The Morgan fingerprint density at radius 2 is 1.12 bits per heavy atom. The van der Waals surface area contributed by atoms with Gasteiger partial charge in [0.1, 0.15) is 17.6 Å². The van der Waals surface area contributed by atoms with Crippen molar-refractivity contribution in [1.29, 1.82) is 0 Å². The van der Waals surface area contributed by atoms with Crippen LogP contribution < -0.4 is 0 Å². The number of nitrogens with zero attached hydrogens (tertiary/aromatic N) is 3. The first-order valence-corrected chi connectivity index (χ1v) is 11.6. The Balaban J connectivity index is 2.50. The van der Waals surface area contributed by atoms with Gasteiger partial charge in [-0.25, -0.2) is 0 Å². The number of piperazine rings is 1. The number of hydrogen-bond acceptors (Lipinski definition) is 9. The number of rotatable bonds is 9. The van der Waals surface area contributed by atoms with Crippen LogP contribution in [-0.2, 0) is 30.4 Å². The minimum Gasteiger partial charge on any atom is -0.300 e. The molecule has 1 saturated heterocycles. The minimum atomic E-state index is -4.45. The average Bonchev–Trinajstić information content (AvgIpc) is 2.32. The third kappa shape index (κ3) is 10.5. The highest BCUT2D eigenvalue weighted by atomic mass is 32.2. The Bertz CT molecular complexity index is 677. The van der Waals surface area contributed by atoms with E-state index in [0.29, 0.717) is 26.2 Å². The van der Waals surface area contributed by atoms with E-state index < -0.39 is 48.0 Å². The Morgan fingerprint density at radius 1 is 0.708 bits per heavy atom. The second-order valence-electron chi connectivity index (χ2n) is 5.49. The van der Waals surface area contributed by atoms with Crippen LogP contribution in [0.25, 0.3) is 0 Å². The molecule has 15 heteroatoms. The molecule has 0 bridgehead atoms. The molecular formula is C9H21N3O9S3. The highest BCUT2D eigenvalue weighted by molar-refractivity contribution is 7.86. The zero-order valence-electron chi connectivity index (χ0n) is 12.7. The zero-order valence-corrected chi connectivity index (χ0v) is 15.2. The Morgan fingerprint density at radius 3 is 1.50 bits per heavy atom. The summed E-state index contributed by atoms with van der Waals surface area (Å²) in [5.74, 6) is -2.34. The van der Waals surface area contributed by atoms with Crippen LogP contribution in [0.1, 0.15) is 0 Å². The standard InChI is InChI=1S/C9H21N3O9S3/c13-22(14,15)7-11-4-1-10(2-5-11)3-6-12(8-23(16,17)18)9-24(19,20)21/h1-9H2,(H,13,14,15)(H,16,17,18)(H,19,20,21). The molecule has 1 fully saturated rings. The summed E-state index contributed by atoms with van der Waals surface area (Å²) in [6.45, 7) is 1.79. The van der Waals surface area contributed by atoms with E-state index in [0.717, 1.165) is 4.90 Å². The molecule has 0 atom stereocenters. The molecule has 1 rings (SSSR count). The quantitative estimate of drug-likeness (QED) is 0.339. The van der Waals surface area contributed by atoms with E-state index in [4.69, 9.17) is 13.7 Å². The van der Waals surface area contributed by atoms with Crippen molar-refractivity contribution in [2.45, 2.75) is 0 Å².